The first-order valence-electron chi connectivity index (χ1n) is 4.08. The molecule has 1 heterocycles. The Morgan fingerprint density at radius 2 is 2.25 bits per heavy atom. The van der Waals surface area contributed by atoms with Gasteiger partial charge in [0.05, 0.1) is 0 Å². The van der Waals surface area contributed by atoms with E-state index in [2.05, 4.69) is 15.5 Å². The molecule has 64 valence electrons. The molecule has 1 saturated carbocycles. The van der Waals surface area contributed by atoms with E-state index < -0.39 is 0 Å². The van der Waals surface area contributed by atoms with Gasteiger partial charge in [-0.05, 0) is 30.9 Å². The fourth-order valence-corrected chi connectivity index (χ4v) is 1.08. The maximum atomic E-state index is 5.59. The average molecular weight is 184 g/mol. The van der Waals surface area contributed by atoms with Crippen LogP contribution in [-0.2, 0) is 0 Å². The fourth-order valence-electron chi connectivity index (χ4n) is 0.981. The molecule has 1 aromatic heterocycles. The minimum Gasteiger partial charge on any atom is -0.368 e. The van der Waals surface area contributed by atoms with Crippen LogP contribution in [0.2, 0.25) is 5.15 Å². The second-order valence-corrected chi connectivity index (χ2v) is 3.45. The first-order chi connectivity index (χ1) is 5.84. The average Bonchev–Trinajstić information content (AvgIpc) is 2.87. The molecule has 3 nitrogen and oxygen atoms in total. The van der Waals surface area contributed by atoms with Crippen molar-refractivity contribution in [2.45, 2.75) is 12.8 Å². The third kappa shape index (κ3) is 2.08. The van der Waals surface area contributed by atoms with Crippen molar-refractivity contribution in [3.8, 4) is 0 Å². The zero-order valence-corrected chi connectivity index (χ0v) is 7.38. The van der Waals surface area contributed by atoms with Crippen LogP contribution in [0.5, 0.6) is 0 Å². The number of rotatable bonds is 3. The van der Waals surface area contributed by atoms with Crippen molar-refractivity contribution >= 4 is 17.4 Å². The van der Waals surface area contributed by atoms with E-state index in [0.717, 1.165) is 18.3 Å². The Balaban J connectivity index is 1.89. The van der Waals surface area contributed by atoms with E-state index in [1.165, 1.54) is 12.8 Å². The van der Waals surface area contributed by atoms with Crippen LogP contribution in [0.3, 0.4) is 0 Å². The summed E-state index contributed by atoms with van der Waals surface area (Å²) in [5, 5.41) is 11.3. The van der Waals surface area contributed by atoms with Gasteiger partial charge in [-0.1, -0.05) is 11.6 Å². The van der Waals surface area contributed by atoms with Crippen molar-refractivity contribution in [1.82, 2.24) is 10.2 Å². The van der Waals surface area contributed by atoms with E-state index in [0.29, 0.717) is 5.15 Å². The molecule has 1 aliphatic rings. The third-order valence-corrected chi connectivity index (χ3v) is 2.10. The monoisotopic (exact) mass is 183 g/mol. The van der Waals surface area contributed by atoms with Crippen LogP contribution in [-0.4, -0.2) is 16.7 Å². The number of nitrogens with one attached hydrogen (secondary N) is 1. The van der Waals surface area contributed by atoms with Crippen LogP contribution in [0.4, 0.5) is 5.82 Å². The van der Waals surface area contributed by atoms with E-state index in [1.807, 2.05) is 6.07 Å². The molecule has 1 aliphatic carbocycles. The summed E-state index contributed by atoms with van der Waals surface area (Å²) in [6.45, 7) is 1.01. The van der Waals surface area contributed by atoms with Crippen LogP contribution in [0.25, 0.3) is 0 Å². The zero-order valence-electron chi connectivity index (χ0n) is 6.63. The van der Waals surface area contributed by atoms with Gasteiger partial charge in [-0.25, -0.2) is 0 Å². The maximum absolute atomic E-state index is 5.59. The van der Waals surface area contributed by atoms with E-state index in [9.17, 15) is 0 Å². The molecule has 0 atom stereocenters. The minimum atomic E-state index is 0.437. The molecule has 1 N–H and O–H groups in total. The fraction of sp³-hybridized carbons (Fsp3) is 0.500. The van der Waals surface area contributed by atoms with Crippen LogP contribution in [0.15, 0.2) is 12.1 Å². The van der Waals surface area contributed by atoms with Crippen molar-refractivity contribution in [3.63, 3.8) is 0 Å². The molecule has 0 amide bonds. The van der Waals surface area contributed by atoms with E-state index in [4.69, 9.17) is 11.6 Å². The van der Waals surface area contributed by atoms with Crippen molar-refractivity contribution in [1.29, 1.82) is 0 Å². The summed E-state index contributed by atoms with van der Waals surface area (Å²) < 4.78 is 0. The van der Waals surface area contributed by atoms with E-state index >= 15 is 0 Å². The highest BCUT2D eigenvalue weighted by Crippen LogP contribution is 2.28. The van der Waals surface area contributed by atoms with Crippen LogP contribution >= 0.6 is 11.6 Å². The van der Waals surface area contributed by atoms with Gasteiger partial charge in [0.15, 0.2) is 5.15 Å². The maximum Gasteiger partial charge on any atom is 0.151 e. The Bertz CT molecular complexity index is 256. The first-order valence-corrected chi connectivity index (χ1v) is 4.45. The van der Waals surface area contributed by atoms with Gasteiger partial charge in [0, 0.05) is 6.54 Å². The number of halogens is 1. The molecule has 0 bridgehead atoms. The van der Waals surface area contributed by atoms with Gasteiger partial charge in [0.2, 0.25) is 0 Å². The molecule has 0 aliphatic heterocycles. The number of anilines is 1. The molecule has 1 aromatic rings. The smallest absolute Gasteiger partial charge is 0.151 e. The van der Waals surface area contributed by atoms with Gasteiger partial charge in [-0.2, -0.15) is 0 Å². The third-order valence-electron chi connectivity index (χ3n) is 1.90. The molecule has 12 heavy (non-hydrogen) atoms. The first kappa shape index (κ1) is 7.80. The van der Waals surface area contributed by atoms with Crippen molar-refractivity contribution < 1.29 is 0 Å². The summed E-state index contributed by atoms with van der Waals surface area (Å²) in [7, 11) is 0. The SMILES string of the molecule is Clc1ccc(NCC2CC2)nn1. The van der Waals surface area contributed by atoms with Crippen LogP contribution in [0, 0.1) is 5.92 Å². The molecule has 4 heteroatoms. The highest BCUT2D eigenvalue weighted by Gasteiger charge is 2.20. The largest absolute Gasteiger partial charge is 0.368 e. The second-order valence-electron chi connectivity index (χ2n) is 3.07. The lowest BCUT2D eigenvalue weighted by Gasteiger charge is -2.01. The second kappa shape index (κ2) is 3.27. The van der Waals surface area contributed by atoms with Crippen molar-refractivity contribution in [2.75, 3.05) is 11.9 Å². The summed E-state index contributed by atoms with van der Waals surface area (Å²) in [5.41, 5.74) is 0. The van der Waals surface area contributed by atoms with Gasteiger partial charge in [0.25, 0.3) is 0 Å². The molecular formula is C8H10ClN3. The van der Waals surface area contributed by atoms with Gasteiger partial charge < -0.3 is 5.32 Å². The summed E-state index contributed by atoms with van der Waals surface area (Å²) >= 11 is 5.59. The lowest BCUT2D eigenvalue weighted by atomic mass is 10.4. The molecule has 0 radical (unpaired) electrons. The number of aromatic nitrogens is 2. The molecular weight excluding hydrogens is 174 g/mol. The Labute approximate surface area is 76.1 Å². The normalized spacial score (nSPS) is 16.1. The summed E-state index contributed by atoms with van der Waals surface area (Å²) in [4.78, 5) is 0. The quantitative estimate of drug-likeness (QED) is 0.779. The van der Waals surface area contributed by atoms with Gasteiger partial charge in [-0.15, -0.1) is 10.2 Å². The van der Waals surface area contributed by atoms with Crippen molar-refractivity contribution in [2.24, 2.45) is 5.92 Å². The molecule has 0 spiro atoms. The summed E-state index contributed by atoms with van der Waals surface area (Å²) in [5.74, 6) is 1.66. The summed E-state index contributed by atoms with van der Waals surface area (Å²) in [6, 6.07) is 3.58. The Morgan fingerprint density at radius 3 is 2.83 bits per heavy atom. The van der Waals surface area contributed by atoms with E-state index in [1.54, 1.807) is 6.07 Å². The topological polar surface area (TPSA) is 37.8 Å². The van der Waals surface area contributed by atoms with Crippen molar-refractivity contribution in [3.05, 3.63) is 17.3 Å². The summed E-state index contributed by atoms with van der Waals surface area (Å²) in [6.07, 6.45) is 2.68. The molecule has 2 rings (SSSR count). The van der Waals surface area contributed by atoms with Crippen LogP contribution < -0.4 is 5.32 Å². The van der Waals surface area contributed by atoms with Gasteiger partial charge in [0.1, 0.15) is 5.82 Å². The van der Waals surface area contributed by atoms with Crippen LogP contribution in [0.1, 0.15) is 12.8 Å². The predicted molar refractivity (Wildman–Crippen MR) is 48.3 cm³/mol. The highest BCUT2D eigenvalue weighted by molar-refractivity contribution is 6.29. The molecule has 0 aromatic carbocycles. The lowest BCUT2D eigenvalue weighted by Crippen LogP contribution is -2.05. The Morgan fingerprint density at radius 1 is 1.42 bits per heavy atom. The minimum absolute atomic E-state index is 0.437. The number of hydrogen-bond donors (Lipinski definition) is 1. The zero-order chi connectivity index (χ0) is 8.39. The predicted octanol–water partition coefficient (Wildman–Crippen LogP) is 1.95. The van der Waals surface area contributed by atoms with Gasteiger partial charge >= 0.3 is 0 Å². The standard InChI is InChI=1S/C8H10ClN3/c9-7-3-4-8(12-11-7)10-5-6-1-2-6/h3-4,6H,1-2,5H2,(H,10,12). The van der Waals surface area contributed by atoms with E-state index in [-0.39, 0.29) is 0 Å². The molecule has 0 saturated heterocycles. The molecule has 0 unspecified atom stereocenters. The van der Waals surface area contributed by atoms with Gasteiger partial charge in [-0.3, -0.25) is 0 Å². The Kier molecular flexibility index (Phi) is 2.13. The lowest BCUT2D eigenvalue weighted by molar-refractivity contribution is 0.873. The highest BCUT2D eigenvalue weighted by atomic mass is 35.5. The molecule has 1 fully saturated rings. The number of nitrogens with zero attached hydrogens (tertiary/aromatic N) is 2. The Hall–Kier alpha value is -0.830. The number of hydrogen-bond acceptors (Lipinski definition) is 3.